The Balaban J connectivity index is 3.63. The number of alkyl carbamates (subject to hydrolysis) is 1. The van der Waals surface area contributed by atoms with Crippen molar-refractivity contribution in [3.05, 3.63) is 12.7 Å². The first kappa shape index (κ1) is 29.5. The monoisotopic (exact) mass is 463 g/mol. The van der Waals surface area contributed by atoms with Crippen molar-refractivity contribution < 1.29 is 37.1 Å². The fraction of sp³-hybridized carbons (Fsp3) is 0.810. The van der Waals surface area contributed by atoms with Crippen molar-refractivity contribution in [3.8, 4) is 0 Å². The Kier molecular flexibility index (Phi) is 19.5. The van der Waals surface area contributed by atoms with Crippen molar-refractivity contribution in [2.45, 2.75) is 58.9 Å². The maximum absolute atomic E-state index is 11.6. The molecule has 0 atom stereocenters. The second-order valence-corrected chi connectivity index (χ2v) is 9.28. The zero-order valence-electron chi connectivity index (χ0n) is 19.4. The van der Waals surface area contributed by atoms with E-state index in [2.05, 4.69) is 11.9 Å². The average Bonchev–Trinajstić information content (AvgIpc) is 2.75. The number of hydrogen-bond acceptors (Lipinski definition) is 8. The van der Waals surface area contributed by atoms with Gasteiger partial charge in [-0.05, 0) is 33.6 Å². The van der Waals surface area contributed by atoms with Crippen LogP contribution in [0.3, 0.4) is 0 Å². The molecule has 0 spiro atoms. The van der Waals surface area contributed by atoms with Crippen LogP contribution in [0.1, 0.15) is 52.9 Å². The second kappa shape index (κ2) is 20.4. The molecule has 0 aliphatic carbocycles. The lowest BCUT2D eigenvalue weighted by atomic mass is 10.2. The first-order valence-corrected chi connectivity index (χ1v) is 13.2. The van der Waals surface area contributed by atoms with Gasteiger partial charge in [0, 0.05) is 38.5 Å². The van der Waals surface area contributed by atoms with Crippen molar-refractivity contribution in [2.75, 3.05) is 52.8 Å². The second-order valence-electron chi connectivity index (χ2n) is 6.55. The van der Waals surface area contributed by atoms with Crippen molar-refractivity contribution in [3.63, 3.8) is 0 Å². The van der Waals surface area contributed by atoms with E-state index in [1.807, 2.05) is 20.8 Å². The van der Waals surface area contributed by atoms with Crippen molar-refractivity contribution in [2.24, 2.45) is 0 Å². The largest absolute Gasteiger partial charge is 0.500 e. The summed E-state index contributed by atoms with van der Waals surface area (Å²) >= 11 is 0. The number of unbranched alkanes of at least 4 members (excludes halogenated alkanes) is 4. The molecule has 0 radical (unpaired) electrons. The summed E-state index contributed by atoms with van der Waals surface area (Å²) in [4.78, 5) is 22.4. The maximum Gasteiger partial charge on any atom is 0.500 e. The van der Waals surface area contributed by atoms with E-state index >= 15 is 0 Å². The summed E-state index contributed by atoms with van der Waals surface area (Å²) in [6.07, 6.45) is 5.58. The Hall–Kier alpha value is -1.46. The van der Waals surface area contributed by atoms with Crippen LogP contribution in [0.25, 0.3) is 0 Å². The van der Waals surface area contributed by atoms with Crippen LogP contribution in [-0.4, -0.2) is 73.7 Å². The highest BCUT2D eigenvalue weighted by molar-refractivity contribution is 6.60. The van der Waals surface area contributed by atoms with Gasteiger partial charge in [0.25, 0.3) is 0 Å². The summed E-state index contributed by atoms with van der Waals surface area (Å²) in [6, 6.07) is 0.834. The minimum Gasteiger partial charge on any atom is -0.460 e. The number of carbonyl (C=O) groups excluding carboxylic acids is 2. The highest BCUT2D eigenvalue weighted by Gasteiger charge is 2.39. The Morgan fingerprint density at radius 1 is 0.806 bits per heavy atom. The zero-order valence-corrected chi connectivity index (χ0v) is 20.4. The Labute approximate surface area is 188 Å². The highest BCUT2D eigenvalue weighted by atomic mass is 28.4. The van der Waals surface area contributed by atoms with Gasteiger partial charge in [-0.1, -0.05) is 25.8 Å². The number of nitrogens with one attached hydrogen (secondary N) is 1. The van der Waals surface area contributed by atoms with E-state index in [0.717, 1.165) is 44.2 Å². The number of esters is 1. The van der Waals surface area contributed by atoms with E-state index in [0.29, 0.717) is 39.6 Å². The third-order valence-corrected chi connectivity index (χ3v) is 7.26. The molecule has 0 heterocycles. The smallest absolute Gasteiger partial charge is 0.460 e. The lowest BCUT2D eigenvalue weighted by Gasteiger charge is -2.28. The minimum atomic E-state index is -2.53. The molecule has 0 aromatic rings. The number of ether oxygens (including phenoxy) is 3. The van der Waals surface area contributed by atoms with Gasteiger partial charge in [0.15, 0.2) is 0 Å². The van der Waals surface area contributed by atoms with Crippen LogP contribution in [-0.2, 0) is 32.3 Å². The molecule has 0 bridgehead atoms. The highest BCUT2D eigenvalue weighted by Crippen LogP contribution is 2.20. The van der Waals surface area contributed by atoms with Crippen LogP contribution in [0.5, 0.6) is 0 Å². The summed E-state index contributed by atoms with van der Waals surface area (Å²) in [7, 11) is -2.53. The molecule has 10 heteroatoms. The molecule has 0 fully saturated rings. The fourth-order valence-corrected chi connectivity index (χ4v) is 5.46. The van der Waals surface area contributed by atoms with Crippen molar-refractivity contribution >= 4 is 20.9 Å². The number of rotatable bonds is 21. The van der Waals surface area contributed by atoms with E-state index in [1.54, 1.807) is 0 Å². The molecule has 31 heavy (non-hydrogen) atoms. The molecule has 0 aliphatic rings. The van der Waals surface area contributed by atoms with E-state index in [-0.39, 0.29) is 13.2 Å². The van der Waals surface area contributed by atoms with Crippen LogP contribution in [0.4, 0.5) is 4.79 Å². The summed E-state index contributed by atoms with van der Waals surface area (Å²) in [6.45, 7) is 12.4. The molecule has 0 unspecified atom stereocenters. The molecule has 1 amide bonds. The number of carbonyl (C=O) groups is 2. The van der Waals surface area contributed by atoms with Gasteiger partial charge in [0.1, 0.15) is 6.61 Å². The molecule has 182 valence electrons. The van der Waals surface area contributed by atoms with Gasteiger partial charge >= 0.3 is 20.9 Å². The van der Waals surface area contributed by atoms with Gasteiger partial charge in [0.05, 0.1) is 19.8 Å². The molecule has 9 nitrogen and oxygen atoms in total. The van der Waals surface area contributed by atoms with Gasteiger partial charge in [-0.15, -0.1) is 0 Å². The van der Waals surface area contributed by atoms with Crippen LogP contribution in [0.2, 0.25) is 6.04 Å². The summed E-state index contributed by atoms with van der Waals surface area (Å²) in [5.74, 6) is -0.484. The molecule has 0 aromatic carbocycles. The number of hydrogen-bond donors (Lipinski definition) is 1. The molecule has 1 N–H and O–H groups in total. The van der Waals surface area contributed by atoms with Crippen LogP contribution >= 0.6 is 0 Å². The lowest BCUT2D eigenvalue weighted by Crippen LogP contribution is -2.45. The predicted octanol–water partition coefficient (Wildman–Crippen LogP) is 3.46. The van der Waals surface area contributed by atoms with Crippen molar-refractivity contribution in [1.29, 1.82) is 0 Å². The van der Waals surface area contributed by atoms with Gasteiger partial charge in [-0.2, -0.15) is 0 Å². The first-order chi connectivity index (χ1) is 15.0. The van der Waals surface area contributed by atoms with E-state index in [4.69, 9.17) is 27.5 Å². The lowest BCUT2D eigenvalue weighted by molar-refractivity contribution is -0.139. The molecule has 0 aromatic heterocycles. The van der Waals surface area contributed by atoms with E-state index < -0.39 is 20.9 Å². The Bertz CT molecular complexity index is 461. The maximum atomic E-state index is 11.6. The first-order valence-electron chi connectivity index (χ1n) is 11.2. The molecular formula is C21H41NO8Si. The standard InChI is InChI=1S/C21H41NO8Si/c1-5-20(23)26-18-17-25-16-14-22-21(24)27-15-12-10-9-11-13-19-31(28-6-2,29-7-3)30-8-4/h5H,1,6-19H2,2-4H3,(H,22,24). The molecule has 0 saturated heterocycles. The van der Waals surface area contributed by atoms with Crippen LogP contribution in [0, 0.1) is 0 Å². The molecule has 0 saturated carbocycles. The number of amides is 1. The van der Waals surface area contributed by atoms with Gasteiger partial charge in [-0.3, -0.25) is 0 Å². The summed E-state index contributed by atoms with van der Waals surface area (Å²) in [5.41, 5.74) is 0. The van der Waals surface area contributed by atoms with Gasteiger partial charge in [0.2, 0.25) is 0 Å². The van der Waals surface area contributed by atoms with Crippen molar-refractivity contribution in [1.82, 2.24) is 5.32 Å². The Morgan fingerprint density at radius 3 is 2.03 bits per heavy atom. The topological polar surface area (TPSA) is 102 Å². The van der Waals surface area contributed by atoms with Gasteiger partial charge < -0.3 is 32.8 Å². The predicted molar refractivity (Wildman–Crippen MR) is 120 cm³/mol. The third-order valence-electron chi connectivity index (χ3n) is 4.11. The average molecular weight is 464 g/mol. The van der Waals surface area contributed by atoms with Crippen LogP contribution < -0.4 is 5.32 Å². The van der Waals surface area contributed by atoms with E-state index in [9.17, 15) is 9.59 Å². The normalized spacial score (nSPS) is 11.2. The fourth-order valence-electron chi connectivity index (χ4n) is 2.78. The SMILES string of the molecule is C=CC(=O)OCCOCCNC(=O)OCCCCCCC[Si](OCC)(OCC)OCC. The van der Waals surface area contributed by atoms with Crippen LogP contribution in [0.15, 0.2) is 12.7 Å². The Morgan fingerprint density at radius 2 is 1.42 bits per heavy atom. The minimum absolute atomic E-state index is 0.154. The summed E-state index contributed by atoms with van der Waals surface area (Å²) < 4.78 is 32.7. The zero-order chi connectivity index (χ0) is 23.2. The quantitative estimate of drug-likeness (QED) is 0.120. The summed E-state index contributed by atoms with van der Waals surface area (Å²) in [5, 5.41) is 2.61. The van der Waals surface area contributed by atoms with Gasteiger partial charge in [-0.25, -0.2) is 9.59 Å². The molecular weight excluding hydrogens is 422 g/mol. The third kappa shape index (κ3) is 16.8. The van der Waals surface area contributed by atoms with E-state index in [1.165, 1.54) is 0 Å². The molecule has 0 aliphatic heterocycles. The molecule has 0 rings (SSSR count).